The van der Waals surface area contributed by atoms with Gasteiger partial charge in [0.05, 0.1) is 0 Å². The fourth-order valence-electron chi connectivity index (χ4n) is 2.39. The molecule has 1 heterocycles. The van der Waals surface area contributed by atoms with Crippen molar-refractivity contribution in [2.24, 2.45) is 10.9 Å². The second-order valence-electron chi connectivity index (χ2n) is 6.52. The van der Waals surface area contributed by atoms with E-state index in [2.05, 4.69) is 21.8 Å². The smallest absolute Gasteiger partial charge is 0.407 e. The van der Waals surface area contributed by atoms with Gasteiger partial charge in [-0.3, -0.25) is 4.99 Å². The van der Waals surface area contributed by atoms with Crippen molar-refractivity contribution in [1.29, 1.82) is 0 Å². The number of hydrogen-bond acceptors (Lipinski definition) is 4. The Morgan fingerprint density at radius 1 is 1.45 bits per heavy atom. The Morgan fingerprint density at radius 2 is 2.09 bits per heavy atom. The van der Waals surface area contributed by atoms with Crippen LogP contribution in [0, 0.1) is 5.92 Å². The highest BCUT2D eigenvalue weighted by Crippen LogP contribution is 2.20. The van der Waals surface area contributed by atoms with E-state index in [0.717, 1.165) is 31.6 Å². The number of aliphatic imine (C=N–C) groups is 1. The number of amides is 1. The van der Waals surface area contributed by atoms with Crippen LogP contribution in [-0.2, 0) is 4.74 Å². The summed E-state index contributed by atoms with van der Waals surface area (Å²) >= 11 is 0. The average molecular weight is 309 g/mol. The lowest BCUT2D eigenvalue weighted by Crippen LogP contribution is -2.39. The Balaban J connectivity index is 0.00000484. The standard InChI is InChI=1S/C17H29N3O2.H2/c1-6-15(7-10-18-5)20-11-8-14(9-12-20)13-19-16(21)22-17(2,3)4;/h6-7,10,14H,1,8-9,11-13H2,2-5H3,(H,19,21);1H/b15-7+,18-10?;. The van der Waals surface area contributed by atoms with E-state index in [9.17, 15) is 4.79 Å². The summed E-state index contributed by atoms with van der Waals surface area (Å²) in [4.78, 5) is 17.9. The van der Waals surface area contributed by atoms with Crippen LogP contribution >= 0.6 is 0 Å². The van der Waals surface area contributed by atoms with E-state index < -0.39 is 5.60 Å². The van der Waals surface area contributed by atoms with Crippen molar-refractivity contribution in [3.8, 4) is 0 Å². The number of alkyl carbamates (subject to hydrolysis) is 1. The van der Waals surface area contributed by atoms with Crippen LogP contribution in [0.4, 0.5) is 4.79 Å². The number of nitrogens with one attached hydrogen (secondary N) is 1. The molecule has 1 amide bonds. The predicted molar refractivity (Wildman–Crippen MR) is 93.3 cm³/mol. The molecular weight excluding hydrogens is 278 g/mol. The molecule has 0 unspecified atom stereocenters. The lowest BCUT2D eigenvalue weighted by atomic mass is 9.96. The lowest BCUT2D eigenvalue weighted by molar-refractivity contribution is 0.0512. The third-order valence-electron chi connectivity index (χ3n) is 3.52. The Morgan fingerprint density at radius 3 is 2.59 bits per heavy atom. The number of rotatable bonds is 5. The largest absolute Gasteiger partial charge is 0.444 e. The summed E-state index contributed by atoms with van der Waals surface area (Å²) in [7, 11) is 1.76. The number of ether oxygens (including phenoxy) is 1. The van der Waals surface area contributed by atoms with Gasteiger partial charge in [-0.15, -0.1) is 0 Å². The highest BCUT2D eigenvalue weighted by Gasteiger charge is 2.21. The molecule has 0 atom stereocenters. The van der Waals surface area contributed by atoms with Crippen molar-refractivity contribution in [2.45, 2.75) is 39.2 Å². The third kappa shape index (κ3) is 6.78. The number of nitrogens with zero attached hydrogens (tertiary/aromatic N) is 2. The molecule has 1 aliphatic rings. The first-order valence-corrected chi connectivity index (χ1v) is 7.82. The number of carbonyl (C=O) groups excluding carboxylic acids is 1. The van der Waals surface area contributed by atoms with Gasteiger partial charge in [0.2, 0.25) is 0 Å². The van der Waals surface area contributed by atoms with Crippen LogP contribution in [-0.4, -0.2) is 49.5 Å². The van der Waals surface area contributed by atoms with Crippen molar-refractivity contribution < 1.29 is 11.0 Å². The van der Waals surface area contributed by atoms with Gasteiger partial charge >= 0.3 is 6.09 Å². The zero-order valence-electron chi connectivity index (χ0n) is 14.3. The van der Waals surface area contributed by atoms with Gasteiger partial charge in [-0.1, -0.05) is 6.58 Å². The van der Waals surface area contributed by atoms with Crippen molar-refractivity contribution in [3.63, 3.8) is 0 Å². The van der Waals surface area contributed by atoms with E-state index in [-0.39, 0.29) is 7.52 Å². The van der Waals surface area contributed by atoms with E-state index in [4.69, 9.17) is 4.74 Å². The molecule has 126 valence electrons. The second kappa shape index (κ2) is 8.61. The van der Waals surface area contributed by atoms with Crippen LogP contribution < -0.4 is 5.32 Å². The molecular formula is C17H31N3O2. The minimum Gasteiger partial charge on any atom is -0.444 e. The number of hydrogen-bond donors (Lipinski definition) is 1. The van der Waals surface area contributed by atoms with E-state index in [1.165, 1.54) is 0 Å². The van der Waals surface area contributed by atoms with E-state index in [1.54, 1.807) is 13.3 Å². The molecule has 22 heavy (non-hydrogen) atoms. The Bertz CT molecular complexity index is 434. The van der Waals surface area contributed by atoms with Crippen LogP contribution in [0.2, 0.25) is 0 Å². The van der Waals surface area contributed by atoms with Crippen LogP contribution in [0.1, 0.15) is 35.0 Å². The average Bonchev–Trinajstić information content (AvgIpc) is 2.45. The quantitative estimate of drug-likeness (QED) is 0.626. The van der Waals surface area contributed by atoms with Crippen molar-refractivity contribution in [1.82, 2.24) is 10.2 Å². The maximum absolute atomic E-state index is 11.7. The van der Waals surface area contributed by atoms with Gasteiger partial charge in [0.15, 0.2) is 0 Å². The van der Waals surface area contributed by atoms with Gasteiger partial charge in [0.1, 0.15) is 5.60 Å². The second-order valence-corrected chi connectivity index (χ2v) is 6.52. The highest BCUT2D eigenvalue weighted by molar-refractivity contribution is 5.72. The summed E-state index contributed by atoms with van der Waals surface area (Å²) in [6, 6.07) is 0. The normalized spacial score (nSPS) is 17.6. The fraction of sp³-hybridized carbons (Fsp3) is 0.647. The molecule has 0 aliphatic carbocycles. The van der Waals surface area contributed by atoms with Gasteiger partial charge in [-0.2, -0.15) is 0 Å². The molecule has 0 aromatic heterocycles. The number of allylic oxidation sites excluding steroid dienone is 2. The highest BCUT2D eigenvalue weighted by atomic mass is 16.6. The van der Waals surface area contributed by atoms with Crippen LogP contribution in [0.5, 0.6) is 0 Å². The summed E-state index contributed by atoms with van der Waals surface area (Å²) in [5.74, 6) is 0.495. The zero-order valence-corrected chi connectivity index (χ0v) is 14.3. The molecule has 5 heteroatoms. The maximum Gasteiger partial charge on any atom is 0.407 e. The minimum atomic E-state index is -0.446. The van der Waals surface area contributed by atoms with Crippen molar-refractivity contribution in [2.75, 3.05) is 26.7 Å². The topological polar surface area (TPSA) is 53.9 Å². The first-order chi connectivity index (χ1) is 10.4. The molecule has 1 rings (SSSR count). The van der Waals surface area contributed by atoms with Gasteiger partial charge in [-0.05, 0) is 51.7 Å². The zero-order chi connectivity index (χ0) is 16.6. The van der Waals surface area contributed by atoms with Gasteiger partial charge in [0.25, 0.3) is 0 Å². The molecule has 0 bridgehead atoms. The SMILES string of the molecule is C=C/C(=C\C=NC)N1CCC(CNC(=O)OC(C)(C)C)CC1.[HH]. The lowest BCUT2D eigenvalue weighted by Gasteiger charge is -2.34. The van der Waals surface area contributed by atoms with Gasteiger partial charge < -0.3 is 15.0 Å². The van der Waals surface area contributed by atoms with Crippen LogP contribution in [0.25, 0.3) is 0 Å². The van der Waals surface area contributed by atoms with E-state index in [1.807, 2.05) is 32.9 Å². The molecule has 0 aromatic carbocycles. The van der Waals surface area contributed by atoms with Gasteiger partial charge in [0, 0.05) is 40.0 Å². The molecule has 5 nitrogen and oxygen atoms in total. The number of likely N-dealkylation sites (tertiary alicyclic amines) is 1. The van der Waals surface area contributed by atoms with E-state index in [0.29, 0.717) is 12.5 Å². The molecule has 1 saturated heterocycles. The molecule has 0 spiro atoms. The molecule has 0 aromatic rings. The van der Waals surface area contributed by atoms with Crippen LogP contribution in [0.3, 0.4) is 0 Å². The molecule has 0 saturated carbocycles. The first kappa shape index (κ1) is 18.3. The summed E-state index contributed by atoms with van der Waals surface area (Å²) in [5.41, 5.74) is 0.655. The minimum absolute atomic E-state index is 0. The summed E-state index contributed by atoms with van der Waals surface area (Å²) < 4.78 is 5.25. The summed E-state index contributed by atoms with van der Waals surface area (Å²) in [5, 5.41) is 2.87. The first-order valence-electron chi connectivity index (χ1n) is 7.82. The fourth-order valence-corrected chi connectivity index (χ4v) is 2.39. The van der Waals surface area contributed by atoms with Crippen LogP contribution in [0.15, 0.2) is 29.4 Å². The van der Waals surface area contributed by atoms with Crippen molar-refractivity contribution in [3.05, 3.63) is 24.4 Å². The van der Waals surface area contributed by atoms with Crippen molar-refractivity contribution >= 4 is 12.3 Å². The monoisotopic (exact) mass is 309 g/mol. The Kier molecular flexibility index (Phi) is 7.15. The Hall–Kier alpha value is -1.78. The molecule has 1 N–H and O–H groups in total. The number of piperidine rings is 1. The Labute approximate surface area is 135 Å². The molecule has 0 radical (unpaired) electrons. The third-order valence-corrected chi connectivity index (χ3v) is 3.52. The summed E-state index contributed by atoms with van der Waals surface area (Å²) in [6.07, 6.45) is 7.38. The predicted octanol–water partition coefficient (Wildman–Crippen LogP) is 3.24. The van der Waals surface area contributed by atoms with E-state index >= 15 is 0 Å². The molecule has 1 aliphatic heterocycles. The number of carbonyl (C=O) groups is 1. The van der Waals surface area contributed by atoms with Gasteiger partial charge in [-0.25, -0.2) is 4.79 Å². The molecule has 1 fully saturated rings. The summed E-state index contributed by atoms with van der Waals surface area (Å²) in [6.45, 7) is 12.1. The maximum atomic E-state index is 11.7.